The van der Waals surface area contributed by atoms with Crippen molar-refractivity contribution in [1.29, 1.82) is 0 Å². The second kappa shape index (κ2) is 12.4. The Bertz CT molecular complexity index is 997. The van der Waals surface area contributed by atoms with Gasteiger partial charge in [-0.15, -0.1) is 0 Å². The summed E-state index contributed by atoms with van der Waals surface area (Å²) >= 11 is 0. The molecule has 2 aliphatic rings. The lowest BCUT2D eigenvalue weighted by Gasteiger charge is -2.33. The standard InChI is InChI=1S/C25H34FN5O4/c1-5-34-21-7-6-20(24(26)19(21)14-32)29-22-12-23(28-16-27-22)30(4)13-18-8-10-31(11-9-18)25(33)35-15-17(2)3/h6-7,12,16-18,24H,5,8-11,13,15H2,1-4H3,(H,27,28,29). The predicted octanol–water partition coefficient (Wildman–Crippen LogP) is 3.74. The fourth-order valence-electron chi connectivity index (χ4n) is 3.99. The number of alkyl halides is 1. The van der Waals surface area contributed by atoms with Crippen molar-refractivity contribution in [3.63, 3.8) is 0 Å². The number of piperidine rings is 1. The summed E-state index contributed by atoms with van der Waals surface area (Å²) in [5.41, 5.74) is -0.00138. The van der Waals surface area contributed by atoms with Gasteiger partial charge in [-0.05, 0) is 43.8 Å². The fourth-order valence-corrected chi connectivity index (χ4v) is 3.99. The van der Waals surface area contributed by atoms with Crippen LogP contribution in [0.3, 0.4) is 0 Å². The Labute approximate surface area is 205 Å². The number of nitrogens with one attached hydrogen (secondary N) is 1. The highest BCUT2D eigenvalue weighted by Crippen LogP contribution is 2.28. The lowest BCUT2D eigenvalue weighted by molar-refractivity contribution is 0.0795. The Morgan fingerprint density at radius 3 is 2.71 bits per heavy atom. The molecule has 1 unspecified atom stereocenters. The summed E-state index contributed by atoms with van der Waals surface area (Å²) in [6.45, 7) is 8.65. The van der Waals surface area contributed by atoms with Gasteiger partial charge in [0.2, 0.25) is 0 Å². The van der Waals surface area contributed by atoms with Gasteiger partial charge in [-0.3, -0.25) is 0 Å². The topological polar surface area (TPSA) is 96.9 Å². The largest absolute Gasteiger partial charge is 0.493 e. The number of carbonyl (C=O) groups excluding carboxylic acids is 2. The number of carbonyl (C=O) groups is 1. The average Bonchev–Trinajstić information content (AvgIpc) is 2.85. The van der Waals surface area contributed by atoms with Crippen LogP contribution in [0, 0.1) is 11.8 Å². The third-order valence-corrected chi connectivity index (χ3v) is 5.88. The van der Waals surface area contributed by atoms with E-state index in [1.807, 2.05) is 25.8 Å². The first-order valence-electron chi connectivity index (χ1n) is 12.0. The van der Waals surface area contributed by atoms with E-state index in [9.17, 15) is 14.0 Å². The number of nitrogens with zero attached hydrogens (tertiary/aromatic N) is 4. The van der Waals surface area contributed by atoms with Crippen molar-refractivity contribution in [1.82, 2.24) is 14.9 Å². The quantitative estimate of drug-likeness (QED) is 0.526. The van der Waals surface area contributed by atoms with Gasteiger partial charge in [0.1, 0.15) is 35.2 Å². The van der Waals surface area contributed by atoms with Crippen LogP contribution in [-0.2, 0) is 14.3 Å². The molecule has 1 atom stereocenters. The van der Waals surface area contributed by atoms with Crippen LogP contribution in [0.25, 0.3) is 0 Å². The Morgan fingerprint density at radius 2 is 2.06 bits per heavy atom. The lowest BCUT2D eigenvalue weighted by Crippen LogP contribution is -2.41. The van der Waals surface area contributed by atoms with E-state index >= 15 is 0 Å². The first-order valence-corrected chi connectivity index (χ1v) is 12.0. The van der Waals surface area contributed by atoms with Crippen LogP contribution in [0.1, 0.15) is 33.6 Å². The summed E-state index contributed by atoms with van der Waals surface area (Å²) in [4.78, 5) is 35.8. The molecule has 1 fully saturated rings. The predicted molar refractivity (Wildman–Crippen MR) is 131 cm³/mol. The van der Waals surface area contributed by atoms with E-state index in [2.05, 4.69) is 15.3 Å². The van der Waals surface area contributed by atoms with Gasteiger partial charge >= 0.3 is 6.09 Å². The molecule has 1 aromatic rings. The van der Waals surface area contributed by atoms with E-state index in [1.165, 1.54) is 12.4 Å². The smallest absolute Gasteiger partial charge is 0.409 e. The molecule has 35 heavy (non-hydrogen) atoms. The van der Waals surface area contributed by atoms with Gasteiger partial charge in [-0.25, -0.2) is 23.9 Å². The van der Waals surface area contributed by atoms with Crippen molar-refractivity contribution in [3.05, 3.63) is 41.6 Å². The first kappa shape index (κ1) is 26.2. The van der Waals surface area contributed by atoms with Gasteiger partial charge < -0.3 is 24.6 Å². The fraction of sp³-hybridized carbons (Fsp3) is 0.560. The molecule has 1 aliphatic heterocycles. The summed E-state index contributed by atoms with van der Waals surface area (Å²) in [5, 5.41) is 2.94. The number of anilines is 2. The molecule has 0 aromatic carbocycles. The maximum absolute atomic E-state index is 14.9. The maximum Gasteiger partial charge on any atom is 0.409 e. The SMILES string of the molecule is CCOC1=CC=C(Nc2cc(N(C)CC3CCN(C(=O)OCC(C)C)CC3)ncn2)C(F)C1=C=O. The summed E-state index contributed by atoms with van der Waals surface area (Å²) in [7, 11) is 1.94. The van der Waals surface area contributed by atoms with Gasteiger partial charge in [0, 0.05) is 32.7 Å². The zero-order valence-electron chi connectivity index (χ0n) is 20.8. The molecule has 1 amide bonds. The molecule has 9 nitrogen and oxygen atoms in total. The summed E-state index contributed by atoms with van der Waals surface area (Å²) in [6.07, 6.45) is 4.31. The molecular weight excluding hydrogens is 453 g/mol. The van der Waals surface area contributed by atoms with Crippen LogP contribution in [0.2, 0.25) is 0 Å². The van der Waals surface area contributed by atoms with Crippen molar-refractivity contribution >= 4 is 23.7 Å². The minimum absolute atomic E-state index is 0.177. The second-order valence-electron chi connectivity index (χ2n) is 9.13. The highest BCUT2D eigenvalue weighted by atomic mass is 19.1. The average molecular weight is 488 g/mol. The molecule has 0 bridgehead atoms. The van der Waals surface area contributed by atoms with Gasteiger partial charge in [-0.2, -0.15) is 0 Å². The number of likely N-dealkylation sites (tertiary alicyclic amines) is 1. The summed E-state index contributed by atoms with van der Waals surface area (Å²) < 4.78 is 25.5. The van der Waals surface area contributed by atoms with Crippen LogP contribution in [0.5, 0.6) is 0 Å². The number of aromatic nitrogens is 2. The van der Waals surface area contributed by atoms with Crippen LogP contribution in [0.4, 0.5) is 20.8 Å². The van der Waals surface area contributed by atoms with Gasteiger partial charge in [0.15, 0.2) is 6.17 Å². The number of hydrogen-bond acceptors (Lipinski definition) is 8. The Balaban J connectivity index is 1.57. The normalized spacial score (nSPS) is 18.5. The molecule has 0 radical (unpaired) electrons. The van der Waals surface area contributed by atoms with Crippen molar-refractivity contribution in [2.45, 2.75) is 39.8 Å². The number of hydrogen-bond donors (Lipinski definition) is 1. The van der Waals surface area contributed by atoms with Gasteiger partial charge in [0.05, 0.1) is 18.9 Å². The second-order valence-corrected chi connectivity index (χ2v) is 9.13. The minimum Gasteiger partial charge on any atom is -0.493 e. The monoisotopic (exact) mass is 487 g/mol. The summed E-state index contributed by atoms with van der Waals surface area (Å²) in [5.74, 6) is 3.64. The van der Waals surface area contributed by atoms with E-state index in [1.54, 1.807) is 29.9 Å². The van der Waals surface area contributed by atoms with Crippen LogP contribution in [0.15, 0.2) is 41.6 Å². The number of rotatable bonds is 9. The number of allylic oxidation sites excluding steroid dienone is 4. The molecule has 1 saturated heterocycles. The van der Waals surface area contributed by atoms with Crippen molar-refractivity contribution in [2.75, 3.05) is 50.1 Å². The zero-order valence-corrected chi connectivity index (χ0v) is 20.8. The zero-order chi connectivity index (χ0) is 25.4. The van der Waals surface area contributed by atoms with Crippen LogP contribution in [-0.4, -0.2) is 73.0 Å². The van der Waals surface area contributed by atoms with E-state index in [-0.39, 0.29) is 23.1 Å². The maximum atomic E-state index is 14.9. The number of halogens is 1. The summed E-state index contributed by atoms with van der Waals surface area (Å²) in [6, 6.07) is 1.73. The highest BCUT2D eigenvalue weighted by Gasteiger charge is 2.28. The van der Waals surface area contributed by atoms with Gasteiger partial charge in [0.25, 0.3) is 0 Å². The molecule has 3 rings (SSSR count). The molecule has 1 aliphatic carbocycles. The molecule has 0 spiro atoms. The third-order valence-electron chi connectivity index (χ3n) is 5.88. The Morgan fingerprint density at radius 1 is 1.31 bits per heavy atom. The Kier molecular flexibility index (Phi) is 9.25. The van der Waals surface area contributed by atoms with Crippen LogP contribution >= 0.6 is 0 Å². The highest BCUT2D eigenvalue weighted by molar-refractivity contribution is 5.68. The molecule has 1 N–H and O–H groups in total. The van der Waals surface area contributed by atoms with E-state index in [0.29, 0.717) is 49.8 Å². The van der Waals surface area contributed by atoms with Crippen LogP contribution < -0.4 is 10.2 Å². The van der Waals surface area contributed by atoms with Gasteiger partial charge in [-0.1, -0.05) is 13.8 Å². The number of amides is 1. The first-order chi connectivity index (χ1) is 16.8. The molecule has 0 saturated carbocycles. The lowest BCUT2D eigenvalue weighted by atomic mass is 9.96. The van der Waals surface area contributed by atoms with Crippen molar-refractivity contribution in [3.8, 4) is 0 Å². The van der Waals surface area contributed by atoms with E-state index in [0.717, 1.165) is 19.4 Å². The van der Waals surface area contributed by atoms with E-state index < -0.39 is 6.17 Å². The minimum atomic E-state index is -1.69. The number of ether oxygens (including phenoxy) is 2. The van der Waals surface area contributed by atoms with Crippen molar-refractivity contribution < 1.29 is 23.5 Å². The molecule has 190 valence electrons. The molecular formula is C25H34FN5O4. The van der Waals surface area contributed by atoms with Crippen molar-refractivity contribution in [2.24, 2.45) is 11.8 Å². The molecule has 1 aromatic heterocycles. The Hall–Kier alpha value is -3.39. The third kappa shape index (κ3) is 7.05. The molecule has 10 heteroatoms. The molecule has 2 heterocycles. The van der Waals surface area contributed by atoms with E-state index in [4.69, 9.17) is 9.47 Å².